The standard InChI is InChI=1S/C15H12ClFO2/c16-12-5-1-3-10(7-12)8-14(15(18)19)11-4-2-6-13(17)9-11/h1-7,9,14H,8H2,(H,18,19). The number of rotatable bonds is 4. The summed E-state index contributed by atoms with van der Waals surface area (Å²) in [7, 11) is 0. The second kappa shape index (κ2) is 5.85. The highest BCUT2D eigenvalue weighted by molar-refractivity contribution is 6.30. The number of carboxylic acids is 1. The molecule has 0 saturated carbocycles. The monoisotopic (exact) mass is 278 g/mol. The van der Waals surface area contributed by atoms with Crippen LogP contribution in [0, 0.1) is 5.82 Å². The Bertz CT molecular complexity index is 598. The van der Waals surface area contributed by atoms with E-state index in [9.17, 15) is 14.3 Å². The maximum Gasteiger partial charge on any atom is 0.311 e. The van der Waals surface area contributed by atoms with Gasteiger partial charge in [-0.15, -0.1) is 0 Å². The van der Waals surface area contributed by atoms with E-state index in [4.69, 9.17) is 11.6 Å². The van der Waals surface area contributed by atoms with Crippen LogP contribution < -0.4 is 0 Å². The van der Waals surface area contributed by atoms with Gasteiger partial charge in [0.15, 0.2) is 0 Å². The molecule has 0 heterocycles. The van der Waals surface area contributed by atoms with Gasteiger partial charge in [0.25, 0.3) is 0 Å². The van der Waals surface area contributed by atoms with Crippen LogP contribution in [0.1, 0.15) is 17.0 Å². The summed E-state index contributed by atoms with van der Waals surface area (Å²) < 4.78 is 13.2. The molecule has 2 aromatic carbocycles. The fraction of sp³-hybridized carbons (Fsp3) is 0.133. The van der Waals surface area contributed by atoms with Crippen molar-refractivity contribution in [3.8, 4) is 0 Å². The second-order valence-corrected chi connectivity index (χ2v) is 4.72. The van der Waals surface area contributed by atoms with Crippen LogP contribution in [-0.2, 0) is 11.2 Å². The maximum absolute atomic E-state index is 13.2. The van der Waals surface area contributed by atoms with Gasteiger partial charge in [-0.1, -0.05) is 35.9 Å². The molecule has 2 nitrogen and oxygen atoms in total. The van der Waals surface area contributed by atoms with Gasteiger partial charge in [-0.2, -0.15) is 0 Å². The van der Waals surface area contributed by atoms with Gasteiger partial charge in [-0.25, -0.2) is 4.39 Å². The molecule has 0 aliphatic carbocycles. The van der Waals surface area contributed by atoms with Crippen molar-refractivity contribution in [1.29, 1.82) is 0 Å². The van der Waals surface area contributed by atoms with Crippen molar-refractivity contribution in [3.63, 3.8) is 0 Å². The van der Waals surface area contributed by atoms with E-state index in [1.165, 1.54) is 18.2 Å². The van der Waals surface area contributed by atoms with Gasteiger partial charge in [0.2, 0.25) is 0 Å². The molecule has 0 fully saturated rings. The lowest BCUT2D eigenvalue weighted by atomic mass is 9.92. The molecular formula is C15H12ClFO2. The van der Waals surface area contributed by atoms with Crippen LogP contribution in [-0.4, -0.2) is 11.1 Å². The third kappa shape index (κ3) is 3.55. The number of carbonyl (C=O) groups is 1. The molecule has 0 aliphatic heterocycles. The first-order chi connectivity index (χ1) is 9.06. The quantitative estimate of drug-likeness (QED) is 0.921. The number of carboxylic acid groups (broad SMARTS) is 1. The summed E-state index contributed by atoms with van der Waals surface area (Å²) in [6.45, 7) is 0. The Morgan fingerprint density at radius 3 is 2.58 bits per heavy atom. The molecule has 1 N–H and O–H groups in total. The number of hydrogen-bond acceptors (Lipinski definition) is 1. The molecule has 2 rings (SSSR count). The van der Waals surface area contributed by atoms with Crippen molar-refractivity contribution in [2.24, 2.45) is 0 Å². The first kappa shape index (κ1) is 13.6. The van der Waals surface area contributed by atoms with Crippen LogP contribution in [0.3, 0.4) is 0 Å². The Morgan fingerprint density at radius 1 is 1.21 bits per heavy atom. The van der Waals surface area contributed by atoms with Crippen LogP contribution in [0.5, 0.6) is 0 Å². The Balaban J connectivity index is 2.29. The number of halogens is 2. The van der Waals surface area contributed by atoms with Crippen molar-refractivity contribution in [2.75, 3.05) is 0 Å². The highest BCUT2D eigenvalue weighted by Gasteiger charge is 2.20. The smallest absolute Gasteiger partial charge is 0.311 e. The van der Waals surface area contributed by atoms with Gasteiger partial charge in [-0.3, -0.25) is 4.79 Å². The maximum atomic E-state index is 13.2. The molecule has 1 unspecified atom stereocenters. The molecule has 0 bridgehead atoms. The molecule has 4 heteroatoms. The SMILES string of the molecule is O=C(O)C(Cc1cccc(Cl)c1)c1cccc(F)c1. The lowest BCUT2D eigenvalue weighted by Gasteiger charge is -2.13. The lowest BCUT2D eigenvalue weighted by Crippen LogP contribution is -2.14. The first-order valence-electron chi connectivity index (χ1n) is 5.79. The molecule has 19 heavy (non-hydrogen) atoms. The molecule has 1 atom stereocenters. The third-order valence-electron chi connectivity index (χ3n) is 2.88. The minimum Gasteiger partial charge on any atom is -0.481 e. The van der Waals surface area contributed by atoms with E-state index in [-0.39, 0.29) is 6.42 Å². The molecular weight excluding hydrogens is 267 g/mol. The van der Waals surface area contributed by atoms with E-state index in [1.807, 2.05) is 0 Å². The summed E-state index contributed by atoms with van der Waals surface area (Å²) in [5.41, 5.74) is 1.26. The van der Waals surface area contributed by atoms with Crippen LogP contribution in [0.25, 0.3) is 0 Å². The van der Waals surface area contributed by atoms with Crippen molar-refractivity contribution in [3.05, 3.63) is 70.5 Å². The molecule has 0 amide bonds. The summed E-state index contributed by atoms with van der Waals surface area (Å²) in [6.07, 6.45) is 0.277. The van der Waals surface area contributed by atoms with Crippen LogP contribution in [0.4, 0.5) is 4.39 Å². The molecule has 98 valence electrons. The van der Waals surface area contributed by atoms with Crippen LogP contribution >= 0.6 is 11.6 Å². The second-order valence-electron chi connectivity index (χ2n) is 4.28. The van der Waals surface area contributed by atoms with Gasteiger partial charge < -0.3 is 5.11 Å². The first-order valence-corrected chi connectivity index (χ1v) is 6.17. The summed E-state index contributed by atoms with van der Waals surface area (Å²) in [5.74, 6) is -2.20. The lowest BCUT2D eigenvalue weighted by molar-refractivity contribution is -0.138. The summed E-state index contributed by atoms with van der Waals surface area (Å²) in [5, 5.41) is 9.85. The number of hydrogen-bond donors (Lipinski definition) is 1. The van der Waals surface area contributed by atoms with Crippen molar-refractivity contribution in [2.45, 2.75) is 12.3 Å². The minimum atomic E-state index is -0.981. The van der Waals surface area contributed by atoms with Crippen molar-refractivity contribution >= 4 is 17.6 Å². The van der Waals surface area contributed by atoms with E-state index in [2.05, 4.69) is 0 Å². The molecule has 0 spiro atoms. The molecule has 0 aliphatic rings. The van der Waals surface area contributed by atoms with Gasteiger partial charge in [-0.05, 0) is 41.8 Å². The Kier molecular flexibility index (Phi) is 4.17. The summed E-state index contributed by atoms with van der Waals surface area (Å²) >= 11 is 5.87. The van der Waals surface area contributed by atoms with Gasteiger partial charge in [0.1, 0.15) is 5.82 Å². The topological polar surface area (TPSA) is 37.3 Å². The van der Waals surface area contributed by atoms with Gasteiger partial charge in [0.05, 0.1) is 5.92 Å². The van der Waals surface area contributed by atoms with Gasteiger partial charge >= 0.3 is 5.97 Å². The zero-order valence-electron chi connectivity index (χ0n) is 10.0. The predicted molar refractivity (Wildman–Crippen MR) is 71.9 cm³/mol. The van der Waals surface area contributed by atoms with Gasteiger partial charge in [0, 0.05) is 5.02 Å². The Hall–Kier alpha value is -1.87. The zero-order valence-corrected chi connectivity index (χ0v) is 10.8. The van der Waals surface area contributed by atoms with E-state index in [1.54, 1.807) is 30.3 Å². The fourth-order valence-electron chi connectivity index (χ4n) is 1.97. The Labute approximate surface area is 115 Å². The molecule has 2 aromatic rings. The number of aliphatic carboxylic acids is 1. The Morgan fingerprint density at radius 2 is 1.95 bits per heavy atom. The van der Waals surface area contributed by atoms with E-state index in [0.29, 0.717) is 10.6 Å². The highest BCUT2D eigenvalue weighted by atomic mass is 35.5. The molecule has 0 aromatic heterocycles. The van der Waals surface area contributed by atoms with Crippen LogP contribution in [0.2, 0.25) is 5.02 Å². The largest absolute Gasteiger partial charge is 0.481 e. The highest BCUT2D eigenvalue weighted by Crippen LogP contribution is 2.23. The fourth-order valence-corrected chi connectivity index (χ4v) is 2.18. The molecule has 0 saturated heterocycles. The minimum absolute atomic E-state index is 0.277. The number of benzene rings is 2. The average molecular weight is 279 g/mol. The summed E-state index contributed by atoms with van der Waals surface area (Å²) in [4.78, 5) is 11.3. The van der Waals surface area contributed by atoms with E-state index < -0.39 is 17.7 Å². The zero-order chi connectivity index (χ0) is 13.8. The van der Waals surface area contributed by atoms with E-state index >= 15 is 0 Å². The summed E-state index contributed by atoms with van der Waals surface area (Å²) in [6, 6.07) is 12.7. The third-order valence-corrected chi connectivity index (χ3v) is 3.11. The van der Waals surface area contributed by atoms with Crippen molar-refractivity contribution < 1.29 is 14.3 Å². The average Bonchev–Trinajstić information content (AvgIpc) is 2.35. The van der Waals surface area contributed by atoms with Crippen molar-refractivity contribution in [1.82, 2.24) is 0 Å². The van der Waals surface area contributed by atoms with Crippen LogP contribution in [0.15, 0.2) is 48.5 Å². The van der Waals surface area contributed by atoms with E-state index in [0.717, 1.165) is 5.56 Å². The molecule has 0 radical (unpaired) electrons. The predicted octanol–water partition coefficient (Wildman–Crippen LogP) is 3.89. The normalized spacial score (nSPS) is 12.1.